The van der Waals surface area contributed by atoms with E-state index >= 15 is 0 Å². The molecular formula is C15H23ClN6. The van der Waals surface area contributed by atoms with Crippen molar-refractivity contribution < 1.29 is 0 Å². The van der Waals surface area contributed by atoms with Gasteiger partial charge in [0, 0.05) is 18.8 Å². The molecule has 0 atom stereocenters. The van der Waals surface area contributed by atoms with Crippen LogP contribution in [0.2, 0.25) is 0 Å². The predicted molar refractivity (Wildman–Crippen MR) is 94.6 cm³/mol. The quantitative estimate of drug-likeness (QED) is 0.755. The molecule has 0 saturated carbocycles. The van der Waals surface area contributed by atoms with Crippen LogP contribution in [0, 0.1) is 13.8 Å². The highest BCUT2D eigenvalue weighted by Crippen LogP contribution is 2.18. The highest BCUT2D eigenvalue weighted by Gasteiger charge is 2.06. The third-order valence-electron chi connectivity index (χ3n) is 2.78. The van der Waals surface area contributed by atoms with Gasteiger partial charge in [-0.05, 0) is 51.0 Å². The third kappa shape index (κ3) is 5.04. The Morgan fingerprint density at radius 2 is 1.23 bits per heavy atom. The first-order chi connectivity index (χ1) is 10.1. The molecule has 1 aromatic heterocycles. The SMILES string of the molecule is CCNc1nc(NCC)nc(Nc2cc(C)cc(C)c2)n1.Cl. The maximum absolute atomic E-state index is 4.38. The molecule has 3 N–H and O–H groups in total. The van der Waals surface area contributed by atoms with Crippen molar-refractivity contribution in [2.24, 2.45) is 0 Å². The van der Waals surface area contributed by atoms with Gasteiger partial charge in [0.15, 0.2) is 0 Å². The van der Waals surface area contributed by atoms with Crippen LogP contribution in [0.15, 0.2) is 18.2 Å². The van der Waals surface area contributed by atoms with E-state index in [1.165, 1.54) is 11.1 Å². The van der Waals surface area contributed by atoms with Crippen LogP contribution in [-0.4, -0.2) is 28.0 Å². The van der Waals surface area contributed by atoms with Gasteiger partial charge in [-0.1, -0.05) is 6.07 Å². The average Bonchev–Trinajstić information content (AvgIpc) is 2.37. The van der Waals surface area contributed by atoms with Crippen molar-refractivity contribution in [3.8, 4) is 0 Å². The molecule has 2 aromatic rings. The number of aryl methyl sites for hydroxylation is 2. The van der Waals surface area contributed by atoms with Crippen LogP contribution in [-0.2, 0) is 0 Å². The summed E-state index contributed by atoms with van der Waals surface area (Å²) in [7, 11) is 0. The average molecular weight is 323 g/mol. The molecule has 0 amide bonds. The van der Waals surface area contributed by atoms with Crippen LogP contribution in [0.4, 0.5) is 23.5 Å². The fourth-order valence-corrected chi connectivity index (χ4v) is 2.08. The fourth-order valence-electron chi connectivity index (χ4n) is 2.08. The summed E-state index contributed by atoms with van der Waals surface area (Å²) in [6.45, 7) is 9.68. The first-order valence-corrected chi connectivity index (χ1v) is 7.20. The van der Waals surface area contributed by atoms with Crippen molar-refractivity contribution in [2.45, 2.75) is 27.7 Å². The Balaban J connectivity index is 0.00000242. The summed E-state index contributed by atoms with van der Waals surface area (Å²) >= 11 is 0. The predicted octanol–water partition coefficient (Wildman–Crippen LogP) is 3.52. The van der Waals surface area contributed by atoms with E-state index in [4.69, 9.17) is 0 Å². The first-order valence-electron chi connectivity index (χ1n) is 7.20. The molecule has 6 nitrogen and oxygen atoms in total. The monoisotopic (exact) mass is 322 g/mol. The van der Waals surface area contributed by atoms with Crippen molar-refractivity contribution in [1.82, 2.24) is 15.0 Å². The number of rotatable bonds is 6. The van der Waals surface area contributed by atoms with Crippen molar-refractivity contribution in [3.63, 3.8) is 0 Å². The lowest BCUT2D eigenvalue weighted by Gasteiger charge is -2.11. The van der Waals surface area contributed by atoms with Crippen molar-refractivity contribution >= 4 is 35.9 Å². The number of nitrogens with zero attached hydrogens (tertiary/aromatic N) is 3. The van der Waals surface area contributed by atoms with E-state index in [1.54, 1.807) is 0 Å². The van der Waals surface area contributed by atoms with E-state index in [0.717, 1.165) is 18.8 Å². The Labute approximate surface area is 137 Å². The molecule has 0 radical (unpaired) electrons. The highest BCUT2D eigenvalue weighted by atomic mass is 35.5. The maximum atomic E-state index is 4.38. The van der Waals surface area contributed by atoms with E-state index in [9.17, 15) is 0 Å². The first kappa shape index (κ1) is 18.0. The van der Waals surface area contributed by atoms with Crippen LogP contribution < -0.4 is 16.0 Å². The molecule has 2 rings (SSSR count). The van der Waals surface area contributed by atoms with E-state index in [1.807, 2.05) is 13.8 Å². The van der Waals surface area contributed by atoms with Gasteiger partial charge in [-0.3, -0.25) is 0 Å². The topological polar surface area (TPSA) is 74.8 Å². The van der Waals surface area contributed by atoms with Gasteiger partial charge < -0.3 is 16.0 Å². The summed E-state index contributed by atoms with van der Waals surface area (Å²) in [6.07, 6.45) is 0. The highest BCUT2D eigenvalue weighted by molar-refractivity contribution is 5.85. The number of hydrogen-bond donors (Lipinski definition) is 3. The van der Waals surface area contributed by atoms with E-state index in [0.29, 0.717) is 17.8 Å². The molecule has 7 heteroatoms. The van der Waals surface area contributed by atoms with E-state index < -0.39 is 0 Å². The Morgan fingerprint density at radius 1 is 0.773 bits per heavy atom. The van der Waals surface area contributed by atoms with E-state index in [2.05, 4.69) is 62.9 Å². The molecule has 1 heterocycles. The normalized spacial score (nSPS) is 9.82. The number of aromatic nitrogens is 3. The Kier molecular flexibility index (Phi) is 6.85. The standard InChI is InChI=1S/C15H22N6.ClH/c1-5-16-13-19-14(17-6-2)21-15(20-13)18-12-8-10(3)7-11(4)9-12;/h7-9H,5-6H2,1-4H3,(H3,16,17,18,19,20,21);1H. The number of halogens is 1. The molecule has 0 bridgehead atoms. The Bertz CT molecular complexity index is 572. The van der Waals surface area contributed by atoms with Crippen LogP contribution in [0.25, 0.3) is 0 Å². The van der Waals surface area contributed by atoms with Crippen molar-refractivity contribution in [2.75, 3.05) is 29.0 Å². The van der Waals surface area contributed by atoms with Crippen LogP contribution in [0.3, 0.4) is 0 Å². The second-order valence-electron chi connectivity index (χ2n) is 4.87. The molecule has 120 valence electrons. The number of hydrogen-bond acceptors (Lipinski definition) is 6. The zero-order valence-corrected chi connectivity index (χ0v) is 14.2. The summed E-state index contributed by atoms with van der Waals surface area (Å²) in [4.78, 5) is 13.1. The van der Waals surface area contributed by atoms with Gasteiger partial charge in [0.1, 0.15) is 0 Å². The molecule has 0 unspecified atom stereocenters. The van der Waals surface area contributed by atoms with Gasteiger partial charge in [-0.25, -0.2) is 0 Å². The lowest BCUT2D eigenvalue weighted by Crippen LogP contribution is -2.10. The lowest BCUT2D eigenvalue weighted by molar-refractivity contribution is 1.00. The minimum atomic E-state index is 0. The van der Waals surface area contributed by atoms with Crippen LogP contribution in [0.5, 0.6) is 0 Å². The Hall–Kier alpha value is -2.08. The van der Waals surface area contributed by atoms with Gasteiger partial charge in [0.25, 0.3) is 0 Å². The van der Waals surface area contributed by atoms with Gasteiger partial charge >= 0.3 is 0 Å². The fraction of sp³-hybridized carbons (Fsp3) is 0.400. The molecular weight excluding hydrogens is 300 g/mol. The molecule has 0 aliphatic rings. The third-order valence-corrected chi connectivity index (χ3v) is 2.78. The van der Waals surface area contributed by atoms with Crippen molar-refractivity contribution in [3.05, 3.63) is 29.3 Å². The largest absolute Gasteiger partial charge is 0.354 e. The lowest BCUT2D eigenvalue weighted by atomic mass is 10.1. The number of benzene rings is 1. The Morgan fingerprint density at radius 3 is 1.68 bits per heavy atom. The smallest absolute Gasteiger partial charge is 0.233 e. The van der Waals surface area contributed by atoms with Gasteiger partial charge in [0.2, 0.25) is 17.8 Å². The minimum Gasteiger partial charge on any atom is -0.354 e. The molecule has 0 saturated heterocycles. The summed E-state index contributed by atoms with van der Waals surface area (Å²) in [5, 5.41) is 9.47. The molecule has 22 heavy (non-hydrogen) atoms. The van der Waals surface area contributed by atoms with Crippen LogP contribution >= 0.6 is 12.4 Å². The molecule has 0 spiro atoms. The van der Waals surface area contributed by atoms with Crippen LogP contribution in [0.1, 0.15) is 25.0 Å². The van der Waals surface area contributed by atoms with Crippen molar-refractivity contribution in [1.29, 1.82) is 0 Å². The summed E-state index contributed by atoms with van der Waals surface area (Å²) in [6, 6.07) is 6.26. The molecule has 0 fully saturated rings. The second kappa shape index (κ2) is 8.38. The zero-order chi connectivity index (χ0) is 15.2. The van der Waals surface area contributed by atoms with E-state index in [-0.39, 0.29) is 12.4 Å². The molecule has 0 aliphatic heterocycles. The van der Waals surface area contributed by atoms with Gasteiger partial charge in [-0.2, -0.15) is 15.0 Å². The summed E-state index contributed by atoms with van der Waals surface area (Å²) < 4.78 is 0. The summed E-state index contributed by atoms with van der Waals surface area (Å²) in [5.41, 5.74) is 3.37. The second-order valence-corrected chi connectivity index (χ2v) is 4.87. The number of anilines is 4. The zero-order valence-electron chi connectivity index (χ0n) is 13.4. The summed E-state index contributed by atoms with van der Waals surface area (Å²) in [5.74, 6) is 1.66. The minimum absolute atomic E-state index is 0. The molecule has 1 aromatic carbocycles. The van der Waals surface area contributed by atoms with Gasteiger partial charge in [0.05, 0.1) is 0 Å². The van der Waals surface area contributed by atoms with Gasteiger partial charge in [-0.15, -0.1) is 12.4 Å². The molecule has 0 aliphatic carbocycles. The maximum Gasteiger partial charge on any atom is 0.233 e. The number of nitrogens with one attached hydrogen (secondary N) is 3.